The van der Waals surface area contributed by atoms with Gasteiger partial charge in [0.15, 0.2) is 5.60 Å². The van der Waals surface area contributed by atoms with Crippen LogP contribution in [0.3, 0.4) is 0 Å². The Bertz CT molecular complexity index is 269. The average molecular weight is 244 g/mol. The van der Waals surface area contributed by atoms with Gasteiger partial charge < -0.3 is 9.84 Å². The van der Waals surface area contributed by atoms with Crippen molar-refractivity contribution < 1.29 is 14.6 Å². The molecule has 0 amide bonds. The Balaban J connectivity index is 2.61. The number of rotatable bonds is 3. The van der Waals surface area contributed by atoms with E-state index in [2.05, 4.69) is 35.4 Å². The fraction of sp³-hybridized carbons (Fsp3) is 0.917. The minimum absolute atomic E-state index is 0.322. The molecule has 3 unspecified atom stereocenters. The van der Waals surface area contributed by atoms with Crippen molar-refractivity contribution >= 4 is 5.97 Å². The number of carbonyl (C=O) groups is 1. The van der Waals surface area contributed by atoms with Gasteiger partial charge in [-0.15, -0.1) is 0 Å². The molecule has 5 nitrogen and oxygen atoms in total. The third kappa shape index (κ3) is 3.40. The van der Waals surface area contributed by atoms with Crippen LogP contribution in [0.5, 0.6) is 0 Å². The van der Waals surface area contributed by atoms with Crippen LogP contribution in [-0.4, -0.2) is 72.4 Å². The first-order valence-corrected chi connectivity index (χ1v) is 6.03. The van der Waals surface area contributed by atoms with E-state index >= 15 is 0 Å². The van der Waals surface area contributed by atoms with Crippen molar-refractivity contribution in [2.24, 2.45) is 0 Å². The lowest BCUT2D eigenvalue weighted by atomic mass is 10.0. The number of nitrogens with zero attached hydrogens (tertiary/aromatic N) is 2. The highest BCUT2D eigenvalue weighted by atomic mass is 16.5. The first-order valence-electron chi connectivity index (χ1n) is 6.03. The Morgan fingerprint density at radius 2 is 1.88 bits per heavy atom. The minimum Gasteiger partial charge on any atom is -0.467 e. The molecule has 1 N–H and O–H groups in total. The summed E-state index contributed by atoms with van der Waals surface area (Å²) in [5.74, 6) is -0.572. The van der Waals surface area contributed by atoms with E-state index in [1.54, 1.807) is 0 Å². The smallest absolute Gasteiger partial charge is 0.338 e. The van der Waals surface area contributed by atoms with Gasteiger partial charge in [-0.3, -0.25) is 9.80 Å². The van der Waals surface area contributed by atoms with Gasteiger partial charge in [-0.05, 0) is 27.8 Å². The Labute approximate surface area is 103 Å². The topological polar surface area (TPSA) is 53.0 Å². The SMILES string of the molecule is COC(=O)C(C)(O)CN1CC(C)N(C)C(C)C1. The molecule has 1 saturated heterocycles. The predicted octanol–water partition coefficient (Wildman–Crippen LogP) is -0.0652. The summed E-state index contributed by atoms with van der Waals surface area (Å²) in [5, 5.41) is 10.0. The van der Waals surface area contributed by atoms with E-state index in [4.69, 9.17) is 0 Å². The molecule has 0 bridgehead atoms. The molecule has 0 aliphatic carbocycles. The summed E-state index contributed by atoms with van der Waals surface area (Å²) in [6, 6.07) is 0.847. The zero-order chi connectivity index (χ0) is 13.2. The Morgan fingerprint density at radius 1 is 1.41 bits per heavy atom. The van der Waals surface area contributed by atoms with E-state index in [0.717, 1.165) is 13.1 Å². The summed E-state index contributed by atoms with van der Waals surface area (Å²) in [5.41, 5.74) is -1.43. The highest BCUT2D eigenvalue weighted by Crippen LogP contribution is 2.17. The van der Waals surface area contributed by atoms with E-state index in [-0.39, 0.29) is 0 Å². The molecular formula is C12H24N2O3. The van der Waals surface area contributed by atoms with Crippen LogP contribution in [0.25, 0.3) is 0 Å². The van der Waals surface area contributed by atoms with Crippen molar-refractivity contribution in [1.29, 1.82) is 0 Å². The Kier molecular flexibility index (Phi) is 4.52. The van der Waals surface area contributed by atoms with E-state index < -0.39 is 11.6 Å². The number of piperazine rings is 1. The summed E-state index contributed by atoms with van der Waals surface area (Å²) < 4.78 is 4.61. The molecule has 0 radical (unpaired) electrons. The van der Waals surface area contributed by atoms with Crippen molar-refractivity contribution in [2.75, 3.05) is 33.8 Å². The molecule has 17 heavy (non-hydrogen) atoms. The van der Waals surface area contributed by atoms with Crippen LogP contribution in [0.15, 0.2) is 0 Å². The molecule has 3 atom stereocenters. The molecule has 0 spiro atoms. The van der Waals surface area contributed by atoms with Gasteiger partial charge in [-0.25, -0.2) is 4.79 Å². The van der Waals surface area contributed by atoms with E-state index in [1.807, 2.05) is 0 Å². The van der Waals surface area contributed by atoms with Crippen molar-refractivity contribution in [1.82, 2.24) is 9.80 Å². The standard InChI is InChI=1S/C12H24N2O3/c1-9-6-14(7-10(2)13(9)4)8-12(3,16)11(15)17-5/h9-10,16H,6-8H2,1-5H3. The van der Waals surface area contributed by atoms with E-state index in [0.29, 0.717) is 18.6 Å². The molecule has 100 valence electrons. The molecule has 0 saturated carbocycles. The second kappa shape index (κ2) is 5.33. The number of carbonyl (C=O) groups excluding carboxylic acids is 1. The van der Waals surface area contributed by atoms with Crippen LogP contribution in [0.4, 0.5) is 0 Å². The van der Waals surface area contributed by atoms with Gasteiger partial charge in [0.1, 0.15) is 0 Å². The number of methoxy groups -OCH3 is 1. The number of esters is 1. The number of hydrogen-bond acceptors (Lipinski definition) is 5. The fourth-order valence-electron chi connectivity index (χ4n) is 2.36. The molecule has 1 fully saturated rings. The fourth-order valence-corrected chi connectivity index (χ4v) is 2.36. The van der Waals surface area contributed by atoms with Crippen LogP contribution in [-0.2, 0) is 9.53 Å². The van der Waals surface area contributed by atoms with Crippen molar-refractivity contribution in [3.8, 4) is 0 Å². The molecule has 1 aliphatic rings. The lowest BCUT2D eigenvalue weighted by Gasteiger charge is -2.43. The lowest BCUT2D eigenvalue weighted by molar-refractivity contribution is -0.163. The summed E-state index contributed by atoms with van der Waals surface area (Å²) in [4.78, 5) is 15.9. The van der Waals surface area contributed by atoms with Crippen LogP contribution in [0, 0.1) is 0 Å². The highest BCUT2D eigenvalue weighted by Gasteiger charge is 2.36. The molecule has 1 rings (SSSR count). The second-order valence-corrected chi connectivity index (χ2v) is 5.32. The number of ether oxygens (including phenoxy) is 1. The summed E-state index contributed by atoms with van der Waals surface area (Å²) in [6.45, 7) is 7.84. The first kappa shape index (κ1) is 14.4. The number of aliphatic hydroxyl groups is 1. The van der Waals surface area contributed by atoms with Gasteiger partial charge in [0.25, 0.3) is 0 Å². The maximum atomic E-state index is 11.4. The third-order valence-electron chi connectivity index (χ3n) is 3.59. The van der Waals surface area contributed by atoms with Crippen LogP contribution in [0.1, 0.15) is 20.8 Å². The molecule has 0 aromatic heterocycles. The normalized spacial score (nSPS) is 30.9. The zero-order valence-electron chi connectivity index (χ0n) is 11.4. The monoisotopic (exact) mass is 244 g/mol. The van der Waals surface area contributed by atoms with Crippen LogP contribution in [0.2, 0.25) is 0 Å². The number of likely N-dealkylation sites (N-methyl/N-ethyl adjacent to an activating group) is 1. The van der Waals surface area contributed by atoms with Gasteiger partial charge >= 0.3 is 5.97 Å². The summed E-state index contributed by atoms with van der Waals surface area (Å²) in [7, 11) is 3.40. The molecule has 0 aromatic carbocycles. The summed E-state index contributed by atoms with van der Waals surface area (Å²) in [6.07, 6.45) is 0. The summed E-state index contributed by atoms with van der Waals surface area (Å²) >= 11 is 0. The largest absolute Gasteiger partial charge is 0.467 e. The van der Waals surface area contributed by atoms with Crippen molar-refractivity contribution in [2.45, 2.75) is 38.5 Å². The molecule has 1 aliphatic heterocycles. The van der Waals surface area contributed by atoms with Gasteiger partial charge in [-0.2, -0.15) is 0 Å². The predicted molar refractivity (Wildman–Crippen MR) is 65.8 cm³/mol. The van der Waals surface area contributed by atoms with Crippen LogP contribution >= 0.6 is 0 Å². The van der Waals surface area contributed by atoms with Gasteiger partial charge in [0.05, 0.1) is 7.11 Å². The van der Waals surface area contributed by atoms with E-state index in [1.165, 1.54) is 14.0 Å². The molecule has 1 heterocycles. The maximum absolute atomic E-state index is 11.4. The number of β-amino-alcohol motifs (C(OH)–C–C–N with tert-alkyl or cyclic N) is 1. The van der Waals surface area contributed by atoms with Gasteiger partial charge in [0, 0.05) is 31.7 Å². The lowest BCUT2D eigenvalue weighted by Crippen LogP contribution is -2.59. The first-order chi connectivity index (χ1) is 7.77. The quantitative estimate of drug-likeness (QED) is 0.705. The second-order valence-electron chi connectivity index (χ2n) is 5.32. The maximum Gasteiger partial charge on any atom is 0.338 e. The van der Waals surface area contributed by atoms with Gasteiger partial charge in [-0.1, -0.05) is 0 Å². The Hall–Kier alpha value is -0.650. The molecule has 0 aromatic rings. The van der Waals surface area contributed by atoms with E-state index in [9.17, 15) is 9.90 Å². The zero-order valence-corrected chi connectivity index (χ0v) is 11.4. The highest BCUT2D eigenvalue weighted by molar-refractivity contribution is 5.78. The molecule has 5 heteroatoms. The number of hydrogen-bond donors (Lipinski definition) is 1. The van der Waals surface area contributed by atoms with Gasteiger partial charge in [0.2, 0.25) is 0 Å². The molecular weight excluding hydrogens is 220 g/mol. The average Bonchev–Trinajstić information content (AvgIpc) is 2.24. The van der Waals surface area contributed by atoms with Crippen molar-refractivity contribution in [3.63, 3.8) is 0 Å². The minimum atomic E-state index is -1.43. The Morgan fingerprint density at radius 3 is 2.29 bits per heavy atom. The van der Waals surface area contributed by atoms with Crippen molar-refractivity contribution in [3.05, 3.63) is 0 Å². The van der Waals surface area contributed by atoms with Crippen LogP contribution < -0.4 is 0 Å². The third-order valence-corrected chi connectivity index (χ3v) is 3.59.